The van der Waals surface area contributed by atoms with Crippen LogP contribution in [-0.4, -0.2) is 48.3 Å². The summed E-state index contributed by atoms with van der Waals surface area (Å²) in [5, 5.41) is 5.45. The summed E-state index contributed by atoms with van der Waals surface area (Å²) in [6.45, 7) is 6.31. The lowest BCUT2D eigenvalue weighted by Gasteiger charge is -2.39. The molecule has 0 spiro atoms. The average Bonchev–Trinajstić information content (AvgIpc) is 3.42. The Kier molecular flexibility index (Phi) is 9.02. The fourth-order valence-corrected chi connectivity index (χ4v) is 5.47. The van der Waals surface area contributed by atoms with Gasteiger partial charge in [0.05, 0.1) is 0 Å². The zero-order valence-electron chi connectivity index (χ0n) is 20.6. The van der Waals surface area contributed by atoms with E-state index >= 15 is 0 Å². The highest BCUT2D eigenvalue weighted by Gasteiger charge is 2.37. The number of amides is 2. The standard InChI is InChI=1S/C28H32ClN3O3S/c1-20(2)17-21-19-31(15-14-30-21)28(34)27(25-9-6-16-36-25)32(26(33)18-29)22-10-12-24(13-11-22)35-23-7-4-3-5-8-23/h3-13,16,20-21,27,30H,14-15,17-19H2,1-2H3/t21-,27+/m0/s1. The van der Waals surface area contributed by atoms with E-state index in [1.54, 1.807) is 24.3 Å². The number of hydrogen-bond acceptors (Lipinski definition) is 5. The summed E-state index contributed by atoms with van der Waals surface area (Å²) in [7, 11) is 0. The first-order valence-electron chi connectivity index (χ1n) is 12.2. The molecular formula is C28H32ClN3O3S. The summed E-state index contributed by atoms with van der Waals surface area (Å²) < 4.78 is 5.91. The first kappa shape index (κ1) is 26.2. The van der Waals surface area contributed by atoms with Crippen LogP contribution in [-0.2, 0) is 9.59 Å². The molecule has 1 aromatic heterocycles. The molecule has 0 radical (unpaired) electrons. The second-order valence-corrected chi connectivity index (χ2v) is 10.5. The zero-order valence-corrected chi connectivity index (χ0v) is 22.2. The maximum atomic E-state index is 14.0. The number of nitrogens with zero attached hydrogens (tertiary/aromatic N) is 2. The van der Waals surface area contributed by atoms with E-state index in [-0.39, 0.29) is 23.7 Å². The number of benzene rings is 2. The Morgan fingerprint density at radius 3 is 2.44 bits per heavy atom. The molecule has 4 rings (SSSR count). The minimum absolute atomic E-state index is 0.0872. The Labute approximate surface area is 221 Å². The SMILES string of the molecule is CC(C)C[C@H]1CN(C(=O)[C@@H](c2cccs2)N(C(=O)CCl)c2ccc(Oc3ccccc3)cc2)CCN1. The van der Waals surface area contributed by atoms with Crippen molar-refractivity contribution < 1.29 is 14.3 Å². The van der Waals surface area contributed by atoms with Crippen LogP contribution in [0.1, 0.15) is 31.2 Å². The highest BCUT2D eigenvalue weighted by atomic mass is 35.5. The second-order valence-electron chi connectivity index (χ2n) is 9.29. The fourth-order valence-electron chi connectivity index (χ4n) is 4.53. The summed E-state index contributed by atoms with van der Waals surface area (Å²) in [6.07, 6.45) is 0.987. The van der Waals surface area contributed by atoms with Gasteiger partial charge in [0.1, 0.15) is 23.4 Å². The molecule has 0 bridgehead atoms. The van der Waals surface area contributed by atoms with Crippen molar-refractivity contribution in [3.8, 4) is 11.5 Å². The van der Waals surface area contributed by atoms with Crippen LogP contribution in [0.15, 0.2) is 72.1 Å². The lowest BCUT2D eigenvalue weighted by Crippen LogP contribution is -2.56. The van der Waals surface area contributed by atoms with Gasteiger partial charge in [0, 0.05) is 36.2 Å². The summed E-state index contributed by atoms with van der Waals surface area (Å²) in [5.41, 5.74) is 0.599. The molecule has 8 heteroatoms. The summed E-state index contributed by atoms with van der Waals surface area (Å²) >= 11 is 7.53. The van der Waals surface area contributed by atoms with Gasteiger partial charge in [0.15, 0.2) is 0 Å². The molecule has 1 saturated heterocycles. The van der Waals surface area contributed by atoms with E-state index in [9.17, 15) is 9.59 Å². The van der Waals surface area contributed by atoms with Gasteiger partial charge in [-0.05, 0) is 60.2 Å². The molecule has 0 unspecified atom stereocenters. The van der Waals surface area contributed by atoms with Gasteiger partial charge < -0.3 is 15.0 Å². The molecule has 3 aromatic rings. The Morgan fingerprint density at radius 1 is 1.08 bits per heavy atom. The zero-order chi connectivity index (χ0) is 25.5. The van der Waals surface area contributed by atoms with Gasteiger partial charge in [-0.3, -0.25) is 14.5 Å². The number of ether oxygens (including phenoxy) is 1. The third kappa shape index (κ3) is 6.46. The van der Waals surface area contributed by atoms with Crippen LogP contribution in [0.5, 0.6) is 11.5 Å². The minimum Gasteiger partial charge on any atom is -0.457 e. The first-order valence-corrected chi connectivity index (χ1v) is 13.6. The predicted molar refractivity (Wildman–Crippen MR) is 146 cm³/mol. The number of anilines is 1. The van der Waals surface area contributed by atoms with Gasteiger partial charge in [-0.15, -0.1) is 22.9 Å². The third-order valence-corrected chi connectivity index (χ3v) is 7.26. The summed E-state index contributed by atoms with van der Waals surface area (Å²) in [4.78, 5) is 31.4. The highest BCUT2D eigenvalue weighted by Crippen LogP contribution is 2.34. The maximum absolute atomic E-state index is 14.0. The molecule has 2 heterocycles. The van der Waals surface area contributed by atoms with Crippen molar-refractivity contribution in [3.05, 3.63) is 77.0 Å². The number of hydrogen-bond donors (Lipinski definition) is 1. The molecule has 6 nitrogen and oxygen atoms in total. The molecule has 0 aliphatic carbocycles. The lowest BCUT2D eigenvalue weighted by atomic mass is 10.0. The smallest absolute Gasteiger partial charge is 0.251 e. The van der Waals surface area contributed by atoms with E-state index in [2.05, 4.69) is 19.2 Å². The highest BCUT2D eigenvalue weighted by molar-refractivity contribution is 7.10. The van der Waals surface area contributed by atoms with Gasteiger partial charge in [-0.25, -0.2) is 0 Å². The van der Waals surface area contributed by atoms with Crippen molar-refractivity contribution in [2.45, 2.75) is 32.4 Å². The number of carbonyl (C=O) groups excluding carboxylic acids is 2. The van der Waals surface area contributed by atoms with Crippen LogP contribution in [0, 0.1) is 5.92 Å². The monoisotopic (exact) mass is 525 g/mol. The third-order valence-electron chi connectivity index (χ3n) is 6.10. The number of alkyl halides is 1. The van der Waals surface area contributed by atoms with Gasteiger partial charge in [-0.1, -0.05) is 38.1 Å². The molecule has 1 aliphatic heterocycles. The van der Waals surface area contributed by atoms with Crippen LogP contribution >= 0.6 is 22.9 Å². The molecule has 190 valence electrons. The molecule has 1 N–H and O–H groups in total. The van der Waals surface area contributed by atoms with Crippen LogP contribution in [0.2, 0.25) is 0 Å². The fraction of sp³-hybridized carbons (Fsp3) is 0.357. The quantitative estimate of drug-likeness (QED) is 0.364. The molecule has 1 aliphatic rings. The van der Waals surface area contributed by atoms with Crippen molar-refractivity contribution in [1.29, 1.82) is 0 Å². The second kappa shape index (κ2) is 12.4. The Bertz CT molecular complexity index is 1120. The summed E-state index contributed by atoms with van der Waals surface area (Å²) in [6, 6.07) is 20.0. The molecule has 0 saturated carbocycles. The van der Waals surface area contributed by atoms with Crippen LogP contribution in [0.3, 0.4) is 0 Å². The van der Waals surface area contributed by atoms with E-state index in [0.717, 1.165) is 23.6 Å². The first-order chi connectivity index (χ1) is 17.5. The molecular weight excluding hydrogens is 494 g/mol. The van der Waals surface area contributed by atoms with E-state index in [0.29, 0.717) is 30.4 Å². The topological polar surface area (TPSA) is 61.9 Å². The number of rotatable bonds is 9. The van der Waals surface area contributed by atoms with Crippen molar-refractivity contribution in [2.75, 3.05) is 30.4 Å². The maximum Gasteiger partial charge on any atom is 0.251 e. The molecule has 2 aromatic carbocycles. The molecule has 2 atom stereocenters. The Morgan fingerprint density at radius 2 is 1.81 bits per heavy atom. The number of carbonyl (C=O) groups is 2. The van der Waals surface area contributed by atoms with Crippen LogP contribution in [0.4, 0.5) is 5.69 Å². The van der Waals surface area contributed by atoms with Gasteiger partial charge in [0.2, 0.25) is 5.91 Å². The van der Waals surface area contributed by atoms with Crippen molar-refractivity contribution >= 4 is 40.4 Å². The van der Waals surface area contributed by atoms with Crippen molar-refractivity contribution in [3.63, 3.8) is 0 Å². The number of halogens is 1. The number of piperazine rings is 1. The summed E-state index contributed by atoms with van der Waals surface area (Å²) in [5.74, 6) is 1.25. The molecule has 2 amide bonds. The van der Waals surface area contributed by atoms with E-state index in [1.807, 2.05) is 52.7 Å². The van der Waals surface area contributed by atoms with Crippen molar-refractivity contribution in [2.24, 2.45) is 5.92 Å². The van der Waals surface area contributed by atoms with Crippen LogP contribution in [0.25, 0.3) is 0 Å². The number of para-hydroxylation sites is 1. The van der Waals surface area contributed by atoms with Gasteiger partial charge >= 0.3 is 0 Å². The van der Waals surface area contributed by atoms with Gasteiger partial charge in [0.25, 0.3) is 5.91 Å². The van der Waals surface area contributed by atoms with E-state index in [4.69, 9.17) is 16.3 Å². The van der Waals surface area contributed by atoms with E-state index < -0.39 is 6.04 Å². The molecule has 36 heavy (non-hydrogen) atoms. The van der Waals surface area contributed by atoms with E-state index in [1.165, 1.54) is 16.2 Å². The predicted octanol–water partition coefficient (Wildman–Crippen LogP) is 5.70. The minimum atomic E-state index is -0.782. The molecule has 1 fully saturated rings. The Hall–Kier alpha value is -2.87. The Balaban J connectivity index is 1.63. The lowest BCUT2D eigenvalue weighted by molar-refractivity contribution is -0.135. The van der Waals surface area contributed by atoms with Gasteiger partial charge in [-0.2, -0.15) is 0 Å². The normalized spacial score (nSPS) is 16.6. The largest absolute Gasteiger partial charge is 0.457 e. The average molecular weight is 526 g/mol. The van der Waals surface area contributed by atoms with Crippen LogP contribution < -0.4 is 15.0 Å². The number of thiophene rings is 1. The van der Waals surface area contributed by atoms with Crippen molar-refractivity contribution in [1.82, 2.24) is 10.2 Å². The number of nitrogens with one attached hydrogen (secondary N) is 1.